The third-order valence-electron chi connectivity index (χ3n) is 6.77. The van der Waals surface area contributed by atoms with Gasteiger partial charge in [-0.15, -0.1) is 0 Å². The molecule has 34 heavy (non-hydrogen) atoms. The zero-order valence-corrected chi connectivity index (χ0v) is 20.0. The molecule has 1 aromatic carbocycles. The maximum Gasteiger partial charge on any atom is 0.233 e. The van der Waals surface area contributed by atoms with E-state index in [1.54, 1.807) is 0 Å². The van der Waals surface area contributed by atoms with E-state index in [-0.39, 0.29) is 11.6 Å². The molecule has 1 atom stereocenters. The number of ether oxygens (including phenoxy) is 1. The van der Waals surface area contributed by atoms with Gasteiger partial charge in [-0.2, -0.15) is 15.0 Å². The summed E-state index contributed by atoms with van der Waals surface area (Å²) in [5, 5.41) is 9.61. The van der Waals surface area contributed by atoms with Crippen LogP contribution in [0.1, 0.15) is 51.9 Å². The lowest BCUT2D eigenvalue weighted by molar-refractivity contribution is 0.277. The van der Waals surface area contributed by atoms with Crippen LogP contribution in [0.4, 0.5) is 32.3 Å². The van der Waals surface area contributed by atoms with Gasteiger partial charge in [-0.25, -0.2) is 8.78 Å². The third kappa shape index (κ3) is 6.22. The molecule has 1 aliphatic heterocycles. The van der Waals surface area contributed by atoms with Crippen LogP contribution in [-0.4, -0.2) is 59.2 Å². The van der Waals surface area contributed by atoms with Crippen LogP contribution < -0.4 is 20.7 Å². The summed E-state index contributed by atoms with van der Waals surface area (Å²) in [7, 11) is 1.23. The number of benzene rings is 1. The van der Waals surface area contributed by atoms with E-state index in [0.29, 0.717) is 23.9 Å². The Labute approximate surface area is 199 Å². The van der Waals surface area contributed by atoms with Gasteiger partial charge >= 0.3 is 0 Å². The van der Waals surface area contributed by atoms with Gasteiger partial charge in [-0.1, -0.05) is 26.2 Å². The van der Waals surface area contributed by atoms with E-state index in [9.17, 15) is 8.78 Å². The number of aromatic nitrogens is 3. The highest BCUT2D eigenvalue weighted by atomic mass is 19.1. The van der Waals surface area contributed by atoms with Gasteiger partial charge in [0.2, 0.25) is 17.8 Å². The second-order valence-corrected chi connectivity index (χ2v) is 9.09. The number of hydrogen-bond acceptors (Lipinski definition) is 8. The van der Waals surface area contributed by atoms with Crippen molar-refractivity contribution in [1.29, 1.82) is 0 Å². The van der Waals surface area contributed by atoms with Crippen molar-refractivity contribution in [3.63, 3.8) is 0 Å². The van der Waals surface area contributed by atoms with Gasteiger partial charge < -0.3 is 20.7 Å². The number of nitrogens with one attached hydrogen (secondary N) is 3. The van der Waals surface area contributed by atoms with E-state index in [2.05, 4.69) is 42.7 Å². The molecular formula is C24H35F2N7O. The smallest absolute Gasteiger partial charge is 0.233 e. The molecule has 4 rings (SSSR count). The summed E-state index contributed by atoms with van der Waals surface area (Å²) in [6, 6.07) is 2.75. The van der Waals surface area contributed by atoms with Crippen LogP contribution in [0.15, 0.2) is 12.1 Å². The van der Waals surface area contributed by atoms with E-state index in [1.165, 1.54) is 45.6 Å². The van der Waals surface area contributed by atoms with Crippen molar-refractivity contribution < 1.29 is 13.5 Å². The normalized spacial score (nSPS) is 19.2. The van der Waals surface area contributed by atoms with Gasteiger partial charge in [0.1, 0.15) is 0 Å². The minimum absolute atomic E-state index is 0.194. The Hall–Kier alpha value is -2.75. The number of nitrogens with zero attached hydrogens (tertiary/aromatic N) is 4. The van der Waals surface area contributed by atoms with Crippen LogP contribution in [0.3, 0.4) is 0 Å². The van der Waals surface area contributed by atoms with Crippen LogP contribution in [0, 0.1) is 17.6 Å². The summed E-state index contributed by atoms with van der Waals surface area (Å²) in [6.45, 7) is 5.81. The highest BCUT2D eigenvalue weighted by Crippen LogP contribution is 2.27. The minimum Gasteiger partial charge on any atom is -0.491 e. The Balaban J connectivity index is 1.50. The Morgan fingerprint density at radius 3 is 2.21 bits per heavy atom. The van der Waals surface area contributed by atoms with E-state index in [4.69, 9.17) is 4.74 Å². The molecule has 0 amide bonds. The Morgan fingerprint density at radius 2 is 1.56 bits per heavy atom. The average molecular weight is 476 g/mol. The number of likely N-dealkylation sites (N-methyl/N-ethyl adjacent to an activating group) is 1. The number of anilines is 4. The van der Waals surface area contributed by atoms with Crippen molar-refractivity contribution in [1.82, 2.24) is 19.9 Å². The van der Waals surface area contributed by atoms with Crippen LogP contribution in [0.2, 0.25) is 0 Å². The second kappa shape index (κ2) is 11.6. The molecule has 0 spiro atoms. The Bertz CT molecular complexity index is 932. The van der Waals surface area contributed by atoms with E-state index >= 15 is 0 Å². The summed E-state index contributed by atoms with van der Waals surface area (Å²) < 4.78 is 33.1. The van der Waals surface area contributed by atoms with E-state index < -0.39 is 17.4 Å². The van der Waals surface area contributed by atoms with E-state index in [0.717, 1.165) is 44.7 Å². The summed E-state index contributed by atoms with van der Waals surface area (Å²) in [5.41, 5.74) is 0.194. The number of halogens is 2. The van der Waals surface area contributed by atoms with E-state index in [1.807, 2.05) is 0 Å². The summed E-state index contributed by atoms with van der Waals surface area (Å²) in [4.78, 5) is 15.9. The summed E-state index contributed by atoms with van der Waals surface area (Å²) in [6.07, 6.45) is 8.54. The molecule has 2 heterocycles. The molecule has 8 nitrogen and oxygen atoms in total. The second-order valence-electron chi connectivity index (χ2n) is 9.09. The number of likely N-dealkylation sites (tertiary alicyclic amines) is 1. The van der Waals surface area contributed by atoms with Gasteiger partial charge in [-0.05, 0) is 44.7 Å². The first-order valence-corrected chi connectivity index (χ1v) is 12.3. The molecule has 3 N–H and O–H groups in total. The first-order valence-electron chi connectivity index (χ1n) is 12.3. The molecule has 1 saturated heterocycles. The molecule has 2 aliphatic rings. The minimum atomic E-state index is -0.797. The molecular weight excluding hydrogens is 440 g/mol. The fraction of sp³-hybridized carbons (Fsp3) is 0.625. The highest BCUT2D eigenvalue weighted by Gasteiger charge is 2.23. The lowest BCUT2D eigenvalue weighted by Crippen LogP contribution is -2.35. The molecule has 2 aromatic rings. The van der Waals surface area contributed by atoms with Crippen molar-refractivity contribution in [2.75, 3.05) is 49.2 Å². The van der Waals surface area contributed by atoms with Gasteiger partial charge in [0.15, 0.2) is 17.4 Å². The molecule has 10 heteroatoms. The third-order valence-corrected chi connectivity index (χ3v) is 6.77. The fourth-order valence-electron chi connectivity index (χ4n) is 4.92. The molecule has 0 bridgehead atoms. The Kier molecular flexibility index (Phi) is 8.31. The van der Waals surface area contributed by atoms with Crippen molar-refractivity contribution >= 4 is 23.5 Å². The monoisotopic (exact) mass is 475 g/mol. The number of hydrogen-bond donors (Lipinski definition) is 3. The molecule has 1 unspecified atom stereocenters. The average Bonchev–Trinajstić information content (AvgIpc) is 3.29. The lowest BCUT2D eigenvalue weighted by Gasteiger charge is -2.23. The predicted octanol–water partition coefficient (Wildman–Crippen LogP) is 4.79. The molecule has 186 valence electrons. The van der Waals surface area contributed by atoms with Crippen molar-refractivity contribution in [3.8, 4) is 5.75 Å². The first-order chi connectivity index (χ1) is 16.6. The van der Waals surface area contributed by atoms with Crippen molar-refractivity contribution in [3.05, 3.63) is 23.8 Å². The fourth-order valence-corrected chi connectivity index (χ4v) is 4.92. The molecule has 1 aliphatic carbocycles. The zero-order chi connectivity index (χ0) is 23.9. The Morgan fingerprint density at radius 1 is 0.912 bits per heavy atom. The quantitative estimate of drug-likeness (QED) is 0.452. The van der Waals surface area contributed by atoms with Crippen LogP contribution in [0.25, 0.3) is 0 Å². The molecule has 0 radical (unpaired) electrons. The largest absolute Gasteiger partial charge is 0.491 e. The standard InChI is InChI=1S/C24H35F2N7O/c1-3-33-11-7-10-18(33)15-28-23-30-22(27-14-16-8-5-4-6-9-16)31-24(32-23)29-17-12-19(25)21(34-2)20(26)13-17/h12-13,16,18H,3-11,14-15H2,1-2H3,(H3,27,28,29,30,31,32). The first kappa shape index (κ1) is 24.4. The number of rotatable bonds is 10. The molecule has 1 aromatic heterocycles. The topological polar surface area (TPSA) is 87.2 Å². The maximum atomic E-state index is 14.2. The molecule has 1 saturated carbocycles. The number of methoxy groups -OCH3 is 1. The maximum absolute atomic E-state index is 14.2. The van der Waals surface area contributed by atoms with Crippen molar-refractivity contribution in [2.45, 2.75) is 57.9 Å². The van der Waals surface area contributed by atoms with Gasteiger partial charge in [0.05, 0.1) is 7.11 Å². The zero-order valence-electron chi connectivity index (χ0n) is 20.0. The summed E-state index contributed by atoms with van der Waals surface area (Å²) in [5.74, 6) is -0.329. The predicted molar refractivity (Wildman–Crippen MR) is 130 cm³/mol. The van der Waals surface area contributed by atoms with Crippen LogP contribution in [-0.2, 0) is 0 Å². The van der Waals surface area contributed by atoms with Gasteiger partial charge in [0, 0.05) is 37.0 Å². The van der Waals surface area contributed by atoms with Crippen LogP contribution >= 0.6 is 0 Å². The summed E-state index contributed by atoms with van der Waals surface area (Å²) >= 11 is 0. The van der Waals surface area contributed by atoms with Gasteiger partial charge in [0.25, 0.3) is 0 Å². The lowest BCUT2D eigenvalue weighted by atomic mass is 9.89. The van der Waals surface area contributed by atoms with Crippen LogP contribution in [0.5, 0.6) is 5.75 Å². The highest BCUT2D eigenvalue weighted by molar-refractivity contribution is 5.57. The SMILES string of the molecule is CCN1CCCC1CNc1nc(NCC2CCCCC2)nc(Nc2cc(F)c(OC)c(F)c2)n1. The van der Waals surface area contributed by atoms with Gasteiger partial charge in [-0.3, -0.25) is 4.90 Å². The van der Waals surface area contributed by atoms with Crippen molar-refractivity contribution in [2.24, 2.45) is 5.92 Å². The molecule has 2 fully saturated rings.